The predicted molar refractivity (Wildman–Crippen MR) is 117 cm³/mol. The number of carbonyl (C=O) groups is 2. The van der Waals surface area contributed by atoms with Gasteiger partial charge in [-0.1, -0.05) is 15.9 Å². The van der Waals surface area contributed by atoms with Crippen LogP contribution in [-0.4, -0.2) is 51.6 Å². The van der Waals surface area contributed by atoms with Gasteiger partial charge in [-0.2, -0.15) is 0 Å². The summed E-state index contributed by atoms with van der Waals surface area (Å²) in [5.74, 6) is 0.226. The Morgan fingerprint density at radius 1 is 1.17 bits per heavy atom. The molecule has 7 nitrogen and oxygen atoms in total. The minimum absolute atomic E-state index is 0.0991. The minimum Gasteiger partial charge on any atom is -0.464 e. The Labute approximate surface area is 185 Å². The maximum Gasteiger partial charge on any atom is 0.410 e. The highest BCUT2D eigenvalue weighted by Gasteiger charge is 2.27. The third-order valence-corrected chi connectivity index (χ3v) is 5.53. The molecule has 0 saturated carbocycles. The molecule has 1 aromatic carbocycles. The normalized spacial score (nSPS) is 15.2. The van der Waals surface area contributed by atoms with Gasteiger partial charge in [0.25, 0.3) is 6.01 Å². The second-order valence-electron chi connectivity index (χ2n) is 8.54. The molecule has 1 aromatic heterocycles. The van der Waals surface area contributed by atoms with E-state index in [1.54, 1.807) is 34.8 Å². The van der Waals surface area contributed by atoms with Crippen molar-refractivity contribution in [3.05, 3.63) is 46.2 Å². The summed E-state index contributed by atoms with van der Waals surface area (Å²) in [5, 5.41) is 0. The standard InChI is InChI=1S/C22H28BrN3O4/c1-22(2,3)30-21(28)26-11-9-15(10-12-26)14-29-20-24-13-18(25(20)4)19(27)16-5-7-17(23)8-6-16/h5-8,13,15H,9-12,14H2,1-4H3. The molecule has 1 aliphatic rings. The van der Waals surface area contributed by atoms with E-state index in [0.717, 1.165) is 17.3 Å². The van der Waals surface area contributed by atoms with Crippen LogP contribution in [0.5, 0.6) is 6.01 Å². The van der Waals surface area contributed by atoms with Gasteiger partial charge >= 0.3 is 6.09 Å². The fourth-order valence-corrected chi connectivity index (χ4v) is 3.55. The van der Waals surface area contributed by atoms with Gasteiger partial charge in [0.2, 0.25) is 5.78 Å². The second-order valence-corrected chi connectivity index (χ2v) is 9.46. The molecule has 0 radical (unpaired) electrons. The molecular weight excluding hydrogens is 450 g/mol. The van der Waals surface area contributed by atoms with Crippen molar-refractivity contribution in [3.8, 4) is 6.01 Å². The number of carbonyl (C=O) groups excluding carboxylic acids is 2. The van der Waals surface area contributed by atoms with Crippen LogP contribution in [0.2, 0.25) is 0 Å². The van der Waals surface area contributed by atoms with E-state index in [1.807, 2.05) is 32.9 Å². The minimum atomic E-state index is -0.485. The third-order valence-electron chi connectivity index (χ3n) is 5.00. The van der Waals surface area contributed by atoms with Crippen molar-refractivity contribution >= 4 is 27.8 Å². The number of likely N-dealkylation sites (tertiary alicyclic amines) is 1. The molecule has 0 unspecified atom stereocenters. The zero-order valence-electron chi connectivity index (χ0n) is 17.9. The van der Waals surface area contributed by atoms with E-state index in [4.69, 9.17) is 9.47 Å². The van der Waals surface area contributed by atoms with Crippen molar-refractivity contribution in [2.24, 2.45) is 13.0 Å². The maximum atomic E-state index is 12.7. The van der Waals surface area contributed by atoms with Crippen molar-refractivity contribution in [3.63, 3.8) is 0 Å². The highest BCUT2D eigenvalue weighted by molar-refractivity contribution is 9.10. The molecule has 2 heterocycles. The number of hydrogen-bond donors (Lipinski definition) is 0. The Kier molecular flexibility index (Phi) is 6.85. The van der Waals surface area contributed by atoms with Crippen molar-refractivity contribution < 1.29 is 19.1 Å². The molecule has 1 fully saturated rings. The number of halogens is 1. The van der Waals surface area contributed by atoms with E-state index in [-0.39, 0.29) is 11.9 Å². The molecule has 2 aromatic rings. The molecular formula is C22H28BrN3O4. The van der Waals surface area contributed by atoms with E-state index < -0.39 is 5.60 Å². The second kappa shape index (κ2) is 9.20. The lowest BCUT2D eigenvalue weighted by Crippen LogP contribution is -2.42. The van der Waals surface area contributed by atoms with Gasteiger partial charge in [-0.3, -0.25) is 9.36 Å². The van der Waals surface area contributed by atoms with Gasteiger partial charge < -0.3 is 14.4 Å². The largest absolute Gasteiger partial charge is 0.464 e. The van der Waals surface area contributed by atoms with Gasteiger partial charge in [0.1, 0.15) is 11.3 Å². The maximum absolute atomic E-state index is 12.7. The van der Waals surface area contributed by atoms with Crippen molar-refractivity contribution in [1.82, 2.24) is 14.5 Å². The average molecular weight is 478 g/mol. The molecule has 3 rings (SSSR count). The van der Waals surface area contributed by atoms with E-state index in [9.17, 15) is 9.59 Å². The van der Waals surface area contributed by atoms with E-state index in [2.05, 4.69) is 20.9 Å². The number of imidazole rings is 1. The van der Waals surface area contributed by atoms with Crippen LogP contribution in [-0.2, 0) is 11.8 Å². The van der Waals surface area contributed by atoms with Crippen LogP contribution in [0.1, 0.15) is 49.7 Å². The van der Waals surface area contributed by atoms with Gasteiger partial charge in [-0.25, -0.2) is 9.78 Å². The van der Waals surface area contributed by atoms with Crippen LogP contribution in [0.15, 0.2) is 34.9 Å². The Morgan fingerprint density at radius 2 is 1.80 bits per heavy atom. The molecule has 0 aliphatic carbocycles. The quantitative estimate of drug-likeness (QED) is 0.595. The summed E-state index contributed by atoms with van der Waals surface area (Å²) in [4.78, 5) is 30.9. The highest BCUT2D eigenvalue weighted by Crippen LogP contribution is 2.22. The number of nitrogens with zero attached hydrogens (tertiary/aromatic N) is 3. The van der Waals surface area contributed by atoms with Crippen LogP contribution >= 0.6 is 15.9 Å². The summed E-state index contributed by atoms with van der Waals surface area (Å²) in [6, 6.07) is 7.65. The summed E-state index contributed by atoms with van der Waals surface area (Å²) in [5.41, 5.74) is 0.593. The lowest BCUT2D eigenvalue weighted by atomic mass is 9.98. The molecule has 1 saturated heterocycles. The molecule has 0 bridgehead atoms. The molecule has 8 heteroatoms. The zero-order chi connectivity index (χ0) is 21.9. The Bertz CT molecular complexity index is 894. The first-order valence-corrected chi connectivity index (χ1v) is 10.9. The zero-order valence-corrected chi connectivity index (χ0v) is 19.4. The van der Waals surface area contributed by atoms with Crippen molar-refractivity contribution in [2.75, 3.05) is 19.7 Å². The number of piperidine rings is 1. The van der Waals surface area contributed by atoms with Crippen LogP contribution in [0.3, 0.4) is 0 Å². The molecule has 0 spiro atoms. The molecule has 1 aliphatic heterocycles. The summed E-state index contributed by atoms with van der Waals surface area (Å²) in [7, 11) is 1.78. The Hall–Kier alpha value is -2.35. The van der Waals surface area contributed by atoms with Crippen LogP contribution in [0, 0.1) is 5.92 Å². The van der Waals surface area contributed by atoms with Crippen LogP contribution in [0.25, 0.3) is 0 Å². The van der Waals surface area contributed by atoms with E-state index >= 15 is 0 Å². The van der Waals surface area contributed by atoms with E-state index in [1.165, 1.54) is 0 Å². The summed E-state index contributed by atoms with van der Waals surface area (Å²) in [6.45, 7) is 7.41. The first-order valence-electron chi connectivity index (χ1n) is 10.1. The monoisotopic (exact) mass is 477 g/mol. The molecule has 30 heavy (non-hydrogen) atoms. The lowest BCUT2D eigenvalue weighted by molar-refractivity contribution is 0.0162. The molecule has 0 atom stereocenters. The smallest absolute Gasteiger partial charge is 0.410 e. The van der Waals surface area contributed by atoms with Crippen LogP contribution < -0.4 is 4.74 Å². The Morgan fingerprint density at radius 3 is 2.40 bits per heavy atom. The molecule has 162 valence electrons. The van der Waals surface area contributed by atoms with Crippen molar-refractivity contribution in [1.29, 1.82) is 0 Å². The van der Waals surface area contributed by atoms with Gasteiger partial charge in [0, 0.05) is 30.2 Å². The lowest BCUT2D eigenvalue weighted by Gasteiger charge is -2.33. The summed E-state index contributed by atoms with van der Waals surface area (Å²) < 4.78 is 13.9. The number of aromatic nitrogens is 2. The molecule has 1 amide bonds. The summed E-state index contributed by atoms with van der Waals surface area (Å²) >= 11 is 3.37. The van der Waals surface area contributed by atoms with Crippen molar-refractivity contribution in [2.45, 2.75) is 39.2 Å². The number of rotatable bonds is 5. The number of ketones is 1. The number of benzene rings is 1. The third kappa shape index (κ3) is 5.62. The fraction of sp³-hybridized carbons (Fsp3) is 0.500. The highest BCUT2D eigenvalue weighted by atomic mass is 79.9. The molecule has 0 N–H and O–H groups in total. The van der Waals surface area contributed by atoms with Gasteiger partial charge in [0.05, 0.1) is 12.8 Å². The number of amides is 1. The van der Waals surface area contributed by atoms with Gasteiger partial charge in [0.15, 0.2) is 0 Å². The fourth-order valence-electron chi connectivity index (χ4n) is 3.29. The topological polar surface area (TPSA) is 73.7 Å². The van der Waals surface area contributed by atoms with Gasteiger partial charge in [-0.05, 0) is 63.8 Å². The number of hydrogen-bond acceptors (Lipinski definition) is 5. The summed E-state index contributed by atoms with van der Waals surface area (Å²) in [6.07, 6.45) is 2.97. The van der Waals surface area contributed by atoms with Crippen LogP contribution in [0.4, 0.5) is 4.79 Å². The first kappa shape index (κ1) is 22.3. The predicted octanol–water partition coefficient (Wildman–Crippen LogP) is 4.44. The van der Waals surface area contributed by atoms with E-state index in [0.29, 0.717) is 42.9 Å². The SMILES string of the molecule is Cn1c(C(=O)c2ccc(Br)cc2)cnc1OCC1CCN(C(=O)OC(C)(C)C)CC1. The average Bonchev–Trinajstić information content (AvgIpc) is 3.06. The first-order chi connectivity index (χ1) is 14.1. The number of ether oxygens (including phenoxy) is 2. The Balaban J connectivity index is 1.52. The van der Waals surface area contributed by atoms with Gasteiger partial charge in [-0.15, -0.1) is 0 Å².